The molecule has 0 radical (unpaired) electrons. The van der Waals surface area contributed by atoms with Crippen LogP contribution in [0.1, 0.15) is 19.4 Å². The van der Waals surface area contributed by atoms with Gasteiger partial charge in [-0.15, -0.1) is 0 Å². The van der Waals surface area contributed by atoms with Crippen molar-refractivity contribution < 1.29 is 14.7 Å². The molecule has 0 heterocycles. The highest BCUT2D eigenvalue weighted by molar-refractivity contribution is 6.33. The highest BCUT2D eigenvalue weighted by Crippen LogP contribution is 2.25. The Kier molecular flexibility index (Phi) is 5.18. The Bertz CT molecular complexity index is 469. The zero-order valence-corrected chi connectivity index (χ0v) is 11.9. The molecule has 1 aromatic carbocycles. The second kappa shape index (κ2) is 6.43. The number of carbonyl (C=O) groups is 2. The minimum absolute atomic E-state index is 0.223. The summed E-state index contributed by atoms with van der Waals surface area (Å²) in [6.07, 6.45) is 0. The van der Waals surface area contributed by atoms with Gasteiger partial charge in [-0.05, 0) is 32.4 Å². The molecule has 2 amide bonds. The second-order valence-corrected chi connectivity index (χ2v) is 4.88. The molecule has 2 N–H and O–H groups in total. The minimum atomic E-state index is -1.06. The van der Waals surface area contributed by atoms with Gasteiger partial charge in [0, 0.05) is 6.04 Å². The summed E-state index contributed by atoms with van der Waals surface area (Å²) in [7, 11) is 0. The number of nitrogens with one attached hydrogen (secondary N) is 1. The molecule has 19 heavy (non-hydrogen) atoms. The summed E-state index contributed by atoms with van der Waals surface area (Å²) in [5, 5.41) is 11.9. The summed E-state index contributed by atoms with van der Waals surface area (Å²) in [5.41, 5.74) is 1.32. The van der Waals surface area contributed by atoms with Gasteiger partial charge in [0.25, 0.3) is 0 Å². The minimum Gasteiger partial charge on any atom is -0.480 e. The van der Waals surface area contributed by atoms with Crippen molar-refractivity contribution in [3.8, 4) is 0 Å². The van der Waals surface area contributed by atoms with Gasteiger partial charge in [0.1, 0.15) is 6.54 Å². The molecule has 0 aromatic heterocycles. The third-order valence-electron chi connectivity index (χ3n) is 2.64. The molecular weight excluding hydrogens is 268 g/mol. The molecule has 0 aliphatic carbocycles. The second-order valence-electron chi connectivity index (χ2n) is 4.48. The summed E-state index contributed by atoms with van der Waals surface area (Å²) < 4.78 is 0. The molecule has 0 unspecified atom stereocenters. The van der Waals surface area contributed by atoms with Crippen LogP contribution in [0.25, 0.3) is 0 Å². The Morgan fingerprint density at radius 3 is 2.53 bits per heavy atom. The molecule has 5 nitrogen and oxygen atoms in total. The summed E-state index contributed by atoms with van der Waals surface area (Å²) in [6, 6.07) is 4.57. The number of rotatable bonds is 4. The lowest BCUT2D eigenvalue weighted by Crippen LogP contribution is -2.43. The number of nitrogens with zero attached hydrogens (tertiary/aromatic N) is 1. The maximum absolute atomic E-state index is 12.1. The van der Waals surface area contributed by atoms with Crippen molar-refractivity contribution in [2.45, 2.75) is 26.8 Å². The van der Waals surface area contributed by atoms with Crippen molar-refractivity contribution in [3.05, 3.63) is 28.8 Å². The van der Waals surface area contributed by atoms with Gasteiger partial charge in [-0.3, -0.25) is 4.79 Å². The van der Waals surface area contributed by atoms with Gasteiger partial charge < -0.3 is 15.3 Å². The monoisotopic (exact) mass is 284 g/mol. The van der Waals surface area contributed by atoms with Crippen molar-refractivity contribution in [2.24, 2.45) is 0 Å². The standard InChI is InChI=1S/C13H17ClN2O3/c1-8(2)16(7-11(17)18)13(19)15-12-9(3)5-4-6-10(12)14/h4-6,8H,7H2,1-3H3,(H,15,19)(H,17,18). The lowest BCUT2D eigenvalue weighted by Gasteiger charge is -2.25. The number of para-hydroxylation sites is 1. The molecule has 0 atom stereocenters. The molecule has 0 spiro atoms. The molecule has 0 aliphatic rings. The zero-order valence-electron chi connectivity index (χ0n) is 11.1. The molecule has 104 valence electrons. The van der Waals surface area contributed by atoms with E-state index in [2.05, 4.69) is 5.32 Å². The van der Waals surface area contributed by atoms with Gasteiger partial charge in [-0.25, -0.2) is 4.79 Å². The number of benzene rings is 1. The largest absolute Gasteiger partial charge is 0.480 e. The van der Waals surface area contributed by atoms with Crippen LogP contribution in [0.15, 0.2) is 18.2 Å². The fourth-order valence-corrected chi connectivity index (χ4v) is 1.87. The fraction of sp³-hybridized carbons (Fsp3) is 0.385. The van der Waals surface area contributed by atoms with Crippen LogP contribution in [0, 0.1) is 6.92 Å². The predicted octanol–water partition coefficient (Wildman–Crippen LogP) is 2.98. The highest BCUT2D eigenvalue weighted by atomic mass is 35.5. The normalized spacial score (nSPS) is 10.4. The summed E-state index contributed by atoms with van der Waals surface area (Å²) in [4.78, 5) is 24.1. The molecule has 1 rings (SSSR count). The topological polar surface area (TPSA) is 69.6 Å². The van der Waals surface area contributed by atoms with Gasteiger partial charge in [0.15, 0.2) is 0 Å². The van der Waals surface area contributed by atoms with Crippen LogP contribution in [-0.2, 0) is 4.79 Å². The van der Waals surface area contributed by atoms with E-state index in [1.54, 1.807) is 26.0 Å². The average molecular weight is 285 g/mol. The van der Waals surface area contributed by atoms with E-state index in [4.69, 9.17) is 16.7 Å². The Balaban J connectivity index is 2.90. The smallest absolute Gasteiger partial charge is 0.323 e. The van der Waals surface area contributed by atoms with Gasteiger partial charge >= 0.3 is 12.0 Å². The number of anilines is 1. The SMILES string of the molecule is Cc1cccc(Cl)c1NC(=O)N(CC(=O)O)C(C)C. The van der Waals surface area contributed by atoms with E-state index < -0.39 is 12.0 Å². The maximum Gasteiger partial charge on any atom is 0.323 e. The Morgan fingerprint density at radius 1 is 1.42 bits per heavy atom. The molecule has 0 fully saturated rings. The quantitative estimate of drug-likeness (QED) is 0.893. The Labute approximate surface area is 117 Å². The van der Waals surface area contributed by atoms with Gasteiger partial charge in [-0.1, -0.05) is 23.7 Å². The third-order valence-corrected chi connectivity index (χ3v) is 2.96. The van der Waals surface area contributed by atoms with Crippen molar-refractivity contribution in [3.63, 3.8) is 0 Å². The van der Waals surface area contributed by atoms with Gasteiger partial charge in [0.05, 0.1) is 10.7 Å². The number of carboxylic acids is 1. The highest BCUT2D eigenvalue weighted by Gasteiger charge is 2.21. The Hall–Kier alpha value is -1.75. The number of hydrogen-bond acceptors (Lipinski definition) is 2. The van der Waals surface area contributed by atoms with Crippen molar-refractivity contribution >= 4 is 29.3 Å². The first-order chi connectivity index (χ1) is 8.82. The van der Waals surface area contributed by atoms with Crippen LogP contribution in [-0.4, -0.2) is 34.6 Å². The number of urea groups is 1. The first-order valence-electron chi connectivity index (χ1n) is 5.87. The van der Waals surface area contributed by atoms with E-state index in [-0.39, 0.29) is 12.6 Å². The van der Waals surface area contributed by atoms with Crippen LogP contribution in [0.5, 0.6) is 0 Å². The van der Waals surface area contributed by atoms with E-state index in [0.29, 0.717) is 10.7 Å². The van der Waals surface area contributed by atoms with E-state index >= 15 is 0 Å². The zero-order chi connectivity index (χ0) is 14.6. The number of carboxylic acid groups (broad SMARTS) is 1. The average Bonchev–Trinajstić information content (AvgIpc) is 2.30. The third kappa shape index (κ3) is 4.13. The summed E-state index contributed by atoms with van der Waals surface area (Å²) in [6.45, 7) is 4.97. The summed E-state index contributed by atoms with van der Waals surface area (Å²) in [5.74, 6) is -1.06. The van der Waals surface area contributed by atoms with E-state index in [0.717, 1.165) is 5.56 Å². The first-order valence-corrected chi connectivity index (χ1v) is 6.25. The molecule has 1 aromatic rings. The van der Waals surface area contributed by atoms with E-state index in [1.807, 2.05) is 13.0 Å². The van der Waals surface area contributed by atoms with Crippen molar-refractivity contribution in [1.29, 1.82) is 0 Å². The predicted molar refractivity (Wildman–Crippen MR) is 74.7 cm³/mol. The van der Waals surface area contributed by atoms with Crippen LogP contribution in [0.2, 0.25) is 5.02 Å². The number of aryl methyl sites for hydroxylation is 1. The molecular formula is C13H17ClN2O3. The van der Waals surface area contributed by atoms with Crippen LogP contribution in [0.4, 0.5) is 10.5 Å². The lowest BCUT2D eigenvalue weighted by atomic mass is 10.2. The number of halogens is 1. The first kappa shape index (κ1) is 15.3. The van der Waals surface area contributed by atoms with Crippen LogP contribution >= 0.6 is 11.6 Å². The Morgan fingerprint density at radius 2 is 2.05 bits per heavy atom. The molecule has 6 heteroatoms. The number of hydrogen-bond donors (Lipinski definition) is 2. The number of amides is 2. The fourth-order valence-electron chi connectivity index (χ4n) is 1.60. The van der Waals surface area contributed by atoms with Gasteiger partial charge in [0.2, 0.25) is 0 Å². The van der Waals surface area contributed by atoms with Crippen LogP contribution < -0.4 is 5.32 Å². The van der Waals surface area contributed by atoms with Gasteiger partial charge in [-0.2, -0.15) is 0 Å². The summed E-state index contributed by atoms with van der Waals surface area (Å²) >= 11 is 6.01. The molecule has 0 saturated heterocycles. The number of aliphatic carboxylic acids is 1. The van der Waals surface area contributed by atoms with Crippen molar-refractivity contribution in [1.82, 2.24) is 4.90 Å². The maximum atomic E-state index is 12.1. The van der Waals surface area contributed by atoms with Crippen LogP contribution in [0.3, 0.4) is 0 Å². The molecule has 0 saturated carbocycles. The van der Waals surface area contributed by atoms with Crippen molar-refractivity contribution in [2.75, 3.05) is 11.9 Å². The number of carbonyl (C=O) groups excluding carboxylic acids is 1. The molecule has 0 bridgehead atoms. The van der Waals surface area contributed by atoms with E-state index in [9.17, 15) is 9.59 Å². The van der Waals surface area contributed by atoms with E-state index in [1.165, 1.54) is 4.90 Å². The molecule has 0 aliphatic heterocycles. The lowest BCUT2D eigenvalue weighted by molar-refractivity contribution is -0.137.